The third-order valence-electron chi connectivity index (χ3n) is 3.28. The summed E-state index contributed by atoms with van der Waals surface area (Å²) in [4.78, 5) is 24.7. The van der Waals surface area contributed by atoms with Crippen LogP contribution in [-0.4, -0.2) is 34.5 Å². The van der Waals surface area contributed by atoms with Crippen molar-refractivity contribution in [3.63, 3.8) is 0 Å². The van der Waals surface area contributed by atoms with Gasteiger partial charge in [-0.15, -0.1) is 0 Å². The molecule has 1 N–H and O–H groups in total. The van der Waals surface area contributed by atoms with Crippen LogP contribution in [0, 0.1) is 13.8 Å². The molecule has 0 spiro atoms. The summed E-state index contributed by atoms with van der Waals surface area (Å²) < 4.78 is 5.40. The lowest BCUT2D eigenvalue weighted by atomic mass is 10.1. The summed E-state index contributed by atoms with van der Waals surface area (Å²) in [7, 11) is 0. The van der Waals surface area contributed by atoms with Crippen LogP contribution in [0.25, 0.3) is 0 Å². The lowest BCUT2D eigenvalue weighted by Gasteiger charge is -2.22. The molecular formula is C13H17NO4. The number of carboxylic acid groups (broad SMARTS) is 1. The Labute approximate surface area is 105 Å². The summed E-state index contributed by atoms with van der Waals surface area (Å²) in [5, 5.41) is 8.84. The van der Waals surface area contributed by atoms with Gasteiger partial charge in [-0.1, -0.05) is 0 Å². The third-order valence-corrected chi connectivity index (χ3v) is 3.28. The molecule has 1 fully saturated rings. The van der Waals surface area contributed by atoms with E-state index < -0.39 is 5.97 Å². The number of carbonyl (C=O) groups is 2. The molecule has 98 valence electrons. The fraction of sp³-hybridized carbons (Fsp3) is 0.538. The molecule has 0 aliphatic carbocycles. The van der Waals surface area contributed by atoms with Crippen molar-refractivity contribution in [2.24, 2.45) is 0 Å². The van der Waals surface area contributed by atoms with Crippen LogP contribution >= 0.6 is 0 Å². The highest BCUT2D eigenvalue weighted by atomic mass is 16.4. The Hall–Kier alpha value is -1.78. The van der Waals surface area contributed by atoms with Crippen LogP contribution in [0.1, 0.15) is 41.1 Å². The predicted octanol–water partition coefficient (Wildman–Crippen LogP) is 1.98. The maximum atomic E-state index is 12.3. The first-order chi connectivity index (χ1) is 8.49. The summed E-state index contributed by atoms with van der Waals surface area (Å²) in [5.41, 5.74) is 0.804. The van der Waals surface area contributed by atoms with Gasteiger partial charge in [0.25, 0.3) is 5.91 Å². The second-order valence-corrected chi connectivity index (χ2v) is 4.76. The molecule has 0 bridgehead atoms. The molecule has 1 aliphatic heterocycles. The number of carbonyl (C=O) groups excluding carboxylic acids is 1. The Balaban J connectivity index is 2.17. The molecule has 1 amide bonds. The van der Waals surface area contributed by atoms with E-state index in [9.17, 15) is 9.59 Å². The number of likely N-dealkylation sites (tertiary alicyclic amines) is 1. The molecule has 0 radical (unpaired) electrons. The van der Waals surface area contributed by atoms with Crippen molar-refractivity contribution in [1.82, 2.24) is 4.90 Å². The lowest BCUT2D eigenvalue weighted by Crippen LogP contribution is -2.36. The number of rotatable bonds is 3. The van der Waals surface area contributed by atoms with Crippen LogP contribution in [0.3, 0.4) is 0 Å². The summed E-state index contributed by atoms with van der Waals surface area (Å²) >= 11 is 0. The Bertz CT molecular complexity index is 477. The molecule has 1 atom stereocenters. The largest absolute Gasteiger partial charge is 0.481 e. The minimum atomic E-state index is -0.868. The van der Waals surface area contributed by atoms with E-state index in [1.54, 1.807) is 11.8 Å². The van der Waals surface area contributed by atoms with Crippen LogP contribution in [-0.2, 0) is 4.79 Å². The Morgan fingerprint density at radius 3 is 2.78 bits per heavy atom. The van der Waals surface area contributed by atoms with Gasteiger partial charge in [0.1, 0.15) is 5.76 Å². The molecule has 1 saturated heterocycles. The first-order valence-corrected chi connectivity index (χ1v) is 6.09. The van der Waals surface area contributed by atoms with Crippen molar-refractivity contribution < 1.29 is 19.1 Å². The molecular weight excluding hydrogens is 234 g/mol. The standard InChI is InChI=1S/C13H17NO4/c1-8-6-9(2)18-12(8)13(17)14-5-3-4-10(14)7-11(15)16/h6,10H,3-5,7H2,1-2H3,(H,15,16)/t10-/m0/s1. The normalized spacial score (nSPS) is 19.2. The number of amides is 1. The van der Waals surface area contributed by atoms with Crippen molar-refractivity contribution in [3.8, 4) is 0 Å². The minimum absolute atomic E-state index is 0.00444. The van der Waals surface area contributed by atoms with Crippen LogP contribution in [0.2, 0.25) is 0 Å². The maximum absolute atomic E-state index is 12.3. The van der Waals surface area contributed by atoms with E-state index in [0.717, 1.165) is 18.4 Å². The minimum Gasteiger partial charge on any atom is -0.481 e. The topological polar surface area (TPSA) is 70.8 Å². The van der Waals surface area contributed by atoms with Crippen molar-refractivity contribution in [2.45, 2.75) is 39.2 Å². The molecule has 5 nitrogen and oxygen atoms in total. The molecule has 1 aromatic heterocycles. The Kier molecular flexibility index (Phi) is 3.41. The van der Waals surface area contributed by atoms with Crippen LogP contribution < -0.4 is 0 Å². The van der Waals surface area contributed by atoms with Gasteiger partial charge in [0, 0.05) is 18.2 Å². The van der Waals surface area contributed by atoms with E-state index in [0.29, 0.717) is 18.1 Å². The molecule has 5 heteroatoms. The molecule has 0 unspecified atom stereocenters. The zero-order valence-electron chi connectivity index (χ0n) is 10.6. The van der Waals surface area contributed by atoms with Crippen LogP contribution in [0.5, 0.6) is 0 Å². The van der Waals surface area contributed by atoms with Crippen molar-refractivity contribution in [1.29, 1.82) is 0 Å². The number of aryl methyl sites for hydroxylation is 2. The van der Waals surface area contributed by atoms with Crippen molar-refractivity contribution >= 4 is 11.9 Å². The zero-order chi connectivity index (χ0) is 13.3. The first-order valence-electron chi connectivity index (χ1n) is 6.09. The van der Waals surface area contributed by atoms with Crippen LogP contribution in [0.15, 0.2) is 10.5 Å². The molecule has 0 saturated carbocycles. The van der Waals surface area contributed by atoms with E-state index in [1.807, 2.05) is 13.0 Å². The number of hydrogen-bond donors (Lipinski definition) is 1. The SMILES string of the molecule is Cc1cc(C)c(C(=O)N2CCC[C@H]2CC(=O)O)o1. The Morgan fingerprint density at radius 2 is 2.22 bits per heavy atom. The van der Waals surface area contributed by atoms with E-state index >= 15 is 0 Å². The zero-order valence-corrected chi connectivity index (χ0v) is 10.6. The highest BCUT2D eigenvalue weighted by Crippen LogP contribution is 2.24. The Morgan fingerprint density at radius 1 is 1.50 bits per heavy atom. The second-order valence-electron chi connectivity index (χ2n) is 4.76. The molecule has 2 rings (SSSR count). The van der Waals surface area contributed by atoms with Gasteiger partial charge in [-0.05, 0) is 32.8 Å². The highest BCUT2D eigenvalue weighted by Gasteiger charge is 2.33. The average Bonchev–Trinajstić information content (AvgIpc) is 2.83. The molecule has 0 aromatic carbocycles. The van der Waals surface area contributed by atoms with Gasteiger partial charge in [0.2, 0.25) is 0 Å². The molecule has 1 aromatic rings. The van der Waals surface area contributed by atoms with Crippen molar-refractivity contribution in [2.75, 3.05) is 6.54 Å². The molecule has 2 heterocycles. The van der Waals surface area contributed by atoms with Gasteiger partial charge >= 0.3 is 5.97 Å². The van der Waals surface area contributed by atoms with E-state index in [1.165, 1.54) is 0 Å². The second kappa shape index (κ2) is 4.84. The highest BCUT2D eigenvalue weighted by molar-refractivity contribution is 5.93. The molecule has 18 heavy (non-hydrogen) atoms. The molecule has 1 aliphatic rings. The van der Waals surface area contributed by atoms with Gasteiger partial charge in [0.05, 0.1) is 6.42 Å². The van der Waals surface area contributed by atoms with Gasteiger partial charge in [-0.2, -0.15) is 0 Å². The fourth-order valence-corrected chi connectivity index (χ4v) is 2.50. The fourth-order valence-electron chi connectivity index (χ4n) is 2.50. The van der Waals surface area contributed by atoms with Gasteiger partial charge in [-0.3, -0.25) is 9.59 Å². The van der Waals surface area contributed by atoms with Gasteiger partial charge in [0.15, 0.2) is 5.76 Å². The van der Waals surface area contributed by atoms with Gasteiger partial charge < -0.3 is 14.4 Å². The van der Waals surface area contributed by atoms with E-state index in [2.05, 4.69) is 0 Å². The number of furan rings is 1. The predicted molar refractivity (Wildman–Crippen MR) is 64.5 cm³/mol. The number of carboxylic acids is 1. The van der Waals surface area contributed by atoms with Crippen LogP contribution in [0.4, 0.5) is 0 Å². The maximum Gasteiger partial charge on any atom is 0.305 e. The van der Waals surface area contributed by atoms with Gasteiger partial charge in [-0.25, -0.2) is 0 Å². The summed E-state index contributed by atoms with van der Waals surface area (Å²) in [5.74, 6) is -0.0222. The quantitative estimate of drug-likeness (QED) is 0.891. The summed E-state index contributed by atoms with van der Waals surface area (Å²) in [6, 6.07) is 1.61. The lowest BCUT2D eigenvalue weighted by molar-refractivity contribution is -0.137. The third kappa shape index (κ3) is 2.39. The van der Waals surface area contributed by atoms with E-state index in [4.69, 9.17) is 9.52 Å². The first kappa shape index (κ1) is 12.7. The number of hydrogen-bond acceptors (Lipinski definition) is 3. The monoisotopic (exact) mass is 251 g/mol. The smallest absolute Gasteiger partial charge is 0.305 e. The summed E-state index contributed by atoms with van der Waals surface area (Å²) in [6.07, 6.45) is 1.60. The van der Waals surface area contributed by atoms with E-state index in [-0.39, 0.29) is 18.4 Å². The number of aliphatic carboxylic acids is 1. The summed E-state index contributed by atoms with van der Waals surface area (Å²) in [6.45, 7) is 4.23. The number of nitrogens with zero attached hydrogens (tertiary/aromatic N) is 1. The van der Waals surface area contributed by atoms with Crippen molar-refractivity contribution in [3.05, 3.63) is 23.2 Å². The average molecular weight is 251 g/mol.